The smallest absolute Gasteiger partial charge is 0.110 e. The Morgan fingerprint density at radius 2 is 2.46 bits per heavy atom. The summed E-state index contributed by atoms with van der Waals surface area (Å²) in [6, 6.07) is -0.0198. The van der Waals surface area contributed by atoms with Gasteiger partial charge in [0.25, 0.3) is 0 Å². The molecule has 0 saturated carbocycles. The minimum Gasteiger partial charge on any atom is -0.322 e. The number of halogens is 1. The fourth-order valence-corrected chi connectivity index (χ4v) is 2.67. The number of hydrogen-bond donors (Lipinski definition) is 1. The van der Waals surface area contributed by atoms with Crippen LogP contribution in [0.2, 0.25) is 0 Å². The highest BCUT2D eigenvalue weighted by molar-refractivity contribution is 7.11. The maximum atomic E-state index is 13.0. The first kappa shape index (κ1) is 9.09. The lowest BCUT2D eigenvalue weighted by Crippen LogP contribution is -2.13. The summed E-state index contributed by atoms with van der Waals surface area (Å²) in [5.41, 5.74) is 6.79. The SMILES string of the molecule is CC(N)c1nc2c(s1)CC(F)CC2. The zero-order chi connectivity index (χ0) is 9.42. The Morgan fingerprint density at radius 1 is 1.69 bits per heavy atom. The molecule has 2 unspecified atom stereocenters. The van der Waals surface area contributed by atoms with Gasteiger partial charge in [-0.2, -0.15) is 0 Å². The fourth-order valence-electron chi connectivity index (χ4n) is 1.55. The molecular formula is C9H13FN2S. The summed E-state index contributed by atoms with van der Waals surface area (Å²) in [7, 11) is 0. The van der Waals surface area contributed by atoms with Gasteiger partial charge >= 0.3 is 0 Å². The molecule has 2 rings (SSSR count). The molecule has 2 N–H and O–H groups in total. The lowest BCUT2D eigenvalue weighted by Gasteiger charge is -2.12. The highest BCUT2D eigenvalue weighted by atomic mass is 32.1. The standard InChI is InChI=1S/C9H13FN2S/c1-5(11)9-12-7-3-2-6(10)4-8(7)13-9/h5-6H,2-4,11H2,1H3. The second-order valence-electron chi connectivity index (χ2n) is 3.55. The monoisotopic (exact) mass is 200 g/mol. The van der Waals surface area contributed by atoms with Gasteiger partial charge in [-0.3, -0.25) is 0 Å². The summed E-state index contributed by atoms with van der Waals surface area (Å²) in [5.74, 6) is 0. The van der Waals surface area contributed by atoms with Crippen molar-refractivity contribution in [1.82, 2.24) is 4.98 Å². The number of rotatable bonds is 1. The van der Waals surface area contributed by atoms with E-state index in [1.807, 2.05) is 6.92 Å². The maximum Gasteiger partial charge on any atom is 0.110 e. The van der Waals surface area contributed by atoms with Crippen LogP contribution in [0.3, 0.4) is 0 Å². The molecule has 0 fully saturated rings. The van der Waals surface area contributed by atoms with Crippen LogP contribution in [0.25, 0.3) is 0 Å². The lowest BCUT2D eigenvalue weighted by molar-refractivity contribution is 0.302. The van der Waals surface area contributed by atoms with Crippen molar-refractivity contribution in [2.75, 3.05) is 0 Å². The van der Waals surface area contributed by atoms with Crippen LogP contribution in [0, 0.1) is 0 Å². The Kier molecular flexibility index (Phi) is 2.34. The summed E-state index contributed by atoms with van der Waals surface area (Å²) in [6.07, 6.45) is 1.27. The van der Waals surface area contributed by atoms with Crippen LogP contribution in [0.5, 0.6) is 0 Å². The first-order valence-corrected chi connectivity index (χ1v) is 5.36. The van der Waals surface area contributed by atoms with E-state index in [-0.39, 0.29) is 6.04 Å². The molecule has 0 aliphatic heterocycles. The summed E-state index contributed by atoms with van der Waals surface area (Å²) >= 11 is 1.57. The van der Waals surface area contributed by atoms with Crippen LogP contribution in [-0.4, -0.2) is 11.2 Å². The minimum absolute atomic E-state index is 0.0198. The van der Waals surface area contributed by atoms with Crippen LogP contribution in [0.15, 0.2) is 0 Å². The molecule has 1 aromatic heterocycles. The third kappa shape index (κ3) is 1.74. The molecule has 4 heteroatoms. The molecule has 0 saturated heterocycles. The third-order valence-corrected chi connectivity index (χ3v) is 3.61. The van der Waals surface area contributed by atoms with Crippen molar-refractivity contribution >= 4 is 11.3 Å². The molecule has 1 heterocycles. The van der Waals surface area contributed by atoms with Crippen molar-refractivity contribution in [3.05, 3.63) is 15.6 Å². The van der Waals surface area contributed by atoms with Crippen LogP contribution in [-0.2, 0) is 12.8 Å². The van der Waals surface area contributed by atoms with E-state index in [1.165, 1.54) is 0 Å². The first-order valence-electron chi connectivity index (χ1n) is 4.55. The van der Waals surface area contributed by atoms with E-state index < -0.39 is 6.17 Å². The molecule has 1 aromatic rings. The average Bonchev–Trinajstić information content (AvgIpc) is 2.46. The van der Waals surface area contributed by atoms with E-state index in [0.29, 0.717) is 12.8 Å². The van der Waals surface area contributed by atoms with Gasteiger partial charge in [-0.25, -0.2) is 9.37 Å². The molecule has 1 aliphatic carbocycles. The van der Waals surface area contributed by atoms with Gasteiger partial charge in [0.15, 0.2) is 0 Å². The summed E-state index contributed by atoms with van der Waals surface area (Å²) in [5, 5.41) is 0.944. The number of nitrogens with zero attached hydrogens (tertiary/aromatic N) is 1. The van der Waals surface area contributed by atoms with E-state index in [9.17, 15) is 4.39 Å². The minimum atomic E-state index is -0.672. The molecule has 2 nitrogen and oxygen atoms in total. The van der Waals surface area contributed by atoms with Gasteiger partial charge in [0.05, 0.1) is 11.7 Å². The zero-order valence-electron chi connectivity index (χ0n) is 7.59. The van der Waals surface area contributed by atoms with Gasteiger partial charge in [0.2, 0.25) is 0 Å². The van der Waals surface area contributed by atoms with E-state index in [4.69, 9.17) is 5.73 Å². The number of thiazole rings is 1. The summed E-state index contributed by atoms with van der Waals surface area (Å²) in [4.78, 5) is 5.51. The van der Waals surface area contributed by atoms with E-state index >= 15 is 0 Å². The molecule has 72 valence electrons. The van der Waals surface area contributed by atoms with Crippen LogP contribution >= 0.6 is 11.3 Å². The van der Waals surface area contributed by atoms with Gasteiger partial charge in [0, 0.05) is 11.3 Å². The average molecular weight is 200 g/mol. The second-order valence-corrected chi connectivity index (χ2v) is 4.67. The molecule has 1 aliphatic rings. The normalized spacial score (nSPS) is 24.1. The zero-order valence-corrected chi connectivity index (χ0v) is 8.40. The molecule has 0 aromatic carbocycles. The first-order chi connectivity index (χ1) is 6.16. The molecule has 2 atom stereocenters. The van der Waals surface area contributed by atoms with Crippen molar-refractivity contribution in [2.45, 2.75) is 38.4 Å². The Bertz CT molecular complexity index is 309. The highest BCUT2D eigenvalue weighted by Crippen LogP contribution is 2.30. The van der Waals surface area contributed by atoms with Crippen LogP contribution in [0.1, 0.15) is 35.0 Å². The topological polar surface area (TPSA) is 38.9 Å². The van der Waals surface area contributed by atoms with Gasteiger partial charge in [-0.15, -0.1) is 11.3 Å². The predicted octanol–water partition coefficient (Wildman–Crippen LogP) is 1.99. The molecule has 13 heavy (non-hydrogen) atoms. The van der Waals surface area contributed by atoms with Crippen LogP contribution in [0.4, 0.5) is 4.39 Å². The van der Waals surface area contributed by atoms with Crippen molar-refractivity contribution in [2.24, 2.45) is 5.73 Å². The molecule has 0 amide bonds. The van der Waals surface area contributed by atoms with Crippen molar-refractivity contribution in [1.29, 1.82) is 0 Å². The number of fused-ring (bicyclic) bond motifs is 1. The Morgan fingerprint density at radius 3 is 3.15 bits per heavy atom. The molecule has 0 radical (unpaired) electrons. The van der Waals surface area contributed by atoms with Gasteiger partial charge in [0.1, 0.15) is 11.2 Å². The van der Waals surface area contributed by atoms with Crippen molar-refractivity contribution in [3.63, 3.8) is 0 Å². The van der Waals surface area contributed by atoms with Crippen molar-refractivity contribution in [3.8, 4) is 0 Å². The van der Waals surface area contributed by atoms with E-state index in [0.717, 1.165) is 22.0 Å². The number of aromatic nitrogens is 1. The van der Waals surface area contributed by atoms with Crippen molar-refractivity contribution < 1.29 is 4.39 Å². The number of alkyl halides is 1. The summed E-state index contributed by atoms with van der Waals surface area (Å²) < 4.78 is 13.0. The number of aryl methyl sites for hydroxylation is 1. The number of hydrogen-bond acceptors (Lipinski definition) is 3. The quantitative estimate of drug-likeness (QED) is 0.753. The number of nitrogens with two attached hydrogens (primary N) is 1. The van der Waals surface area contributed by atoms with Crippen LogP contribution < -0.4 is 5.73 Å². The van der Waals surface area contributed by atoms with Gasteiger partial charge in [-0.1, -0.05) is 0 Å². The van der Waals surface area contributed by atoms with Gasteiger partial charge in [-0.05, 0) is 19.8 Å². The Balaban J connectivity index is 2.28. The highest BCUT2D eigenvalue weighted by Gasteiger charge is 2.22. The van der Waals surface area contributed by atoms with Gasteiger partial charge < -0.3 is 5.73 Å². The summed E-state index contributed by atoms with van der Waals surface area (Å²) in [6.45, 7) is 1.91. The third-order valence-electron chi connectivity index (χ3n) is 2.29. The maximum absolute atomic E-state index is 13.0. The largest absolute Gasteiger partial charge is 0.322 e. The Hall–Kier alpha value is -0.480. The molecular weight excluding hydrogens is 187 g/mol. The lowest BCUT2D eigenvalue weighted by atomic mass is 10.0. The second kappa shape index (κ2) is 3.35. The van der Waals surface area contributed by atoms with E-state index in [1.54, 1.807) is 11.3 Å². The molecule has 0 bridgehead atoms. The fraction of sp³-hybridized carbons (Fsp3) is 0.667. The molecule has 0 spiro atoms. The van der Waals surface area contributed by atoms with E-state index in [2.05, 4.69) is 4.98 Å². The Labute approximate surface area is 81.0 Å². The predicted molar refractivity (Wildman–Crippen MR) is 51.6 cm³/mol.